The third-order valence-electron chi connectivity index (χ3n) is 5.34. The molecule has 1 atom stereocenters. The molecule has 2 aromatic carbocycles. The summed E-state index contributed by atoms with van der Waals surface area (Å²) in [6, 6.07) is 4.31. The molecule has 0 radical (unpaired) electrons. The maximum Gasteiger partial charge on any atom is 0.105 e. The smallest absolute Gasteiger partial charge is 0.105 e. The van der Waals surface area contributed by atoms with Crippen molar-refractivity contribution >= 4 is 0 Å². The zero-order chi connectivity index (χ0) is 16.8. The van der Waals surface area contributed by atoms with E-state index in [-0.39, 0.29) is 0 Å². The van der Waals surface area contributed by atoms with E-state index in [1.807, 2.05) is 0 Å². The van der Waals surface area contributed by atoms with Gasteiger partial charge in [-0.25, -0.2) is 0 Å². The van der Waals surface area contributed by atoms with Gasteiger partial charge in [0.25, 0.3) is 0 Å². The molecule has 118 valence electrons. The Kier molecular flexibility index (Phi) is 4.49. The number of aliphatic hydroxyl groups excluding tert-OH is 1. The predicted octanol–water partition coefficient (Wildman–Crippen LogP) is 5.24. The number of aryl methyl sites for hydroxylation is 3. The third kappa shape index (κ3) is 2.59. The Morgan fingerprint density at radius 3 is 1.36 bits per heavy atom. The average Bonchev–Trinajstić information content (AvgIpc) is 2.42. The quantitative estimate of drug-likeness (QED) is 0.804. The summed E-state index contributed by atoms with van der Waals surface area (Å²) in [6.07, 6.45) is -0.557. The molecule has 0 aliphatic heterocycles. The largest absolute Gasteiger partial charge is 0.384 e. The lowest BCUT2D eigenvalue weighted by molar-refractivity contribution is 0.217. The van der Waals surface area contributed by atoms with Crippen LogP contribution >= 0.6 is 0 Å². The van der Waals surface area contributed by atoms with Gasteiger partial charge in [-0.15, -0.1) is 0 Å². The lowest BCUT2D eigenvalue weighted by atomic mass is 9.83. The van der Waals surface area contributed by atoms with Crippen LogP contribution in [0.1, 0.15) is 61.7 Å². The monoisotopic (exact) mass is 296 g/mol. The molecule has 2 rings (SSSR count). The van der Waals surface area contributed by atoms with Crippen molar-refractivity contribution in [1.29, 1.82) is 0 Å². The number of rotatable bonds is 2. The van der Waals surface area contributed by atoms with Crippen molar-refractivity contribution in [3.05, 3.63) is 67.8 Å². The summed E-state index contributed by atoms with van der Waals surface area (Å²) in [7, 11) is 0. The first-order chi connectivity index (χ1) is 10.2. The van der Waals surface area contributed by atoms with E-state index in [9.17, 15) is 5.11 Å². The Morgan fingerprint density at radius 1 is 0.591 bits per heavy atom. The van der Waals surface area contributed by atoms with Crippen molar-refractivity contribution in [3.63, 3.8) is 0 Å². The van der Waals surface area contributed by atoms with Crippen LogP contribution in [0.4, 0.5) is 0 Å². The highest BCUT2D eigenvalue weighted by Gasteiger charge is 2.22. The zero-order valence-electron chi connectivity index (χ0n) is 15.2. The summed E-state index contributed by atoms with van der Waals surface area (Å²) in [4.78, 5) is 0. The van der Waals surface area contributed by atoms with Crippen molar-refractivity contribution in [2.45, 2.75) is 61.5 Å². The van der Waals surface area contributed by atoms with E-state index >= 15 is 0 Å². The van der Waals surface area contributed by atoms with E-state index in [0.717, 1.165) is 11.1 Å². The van der Waals surface area contributed by atoms with Crippen molar-refractivity contribution in [1.82, 2.24) is 0 Å². The molecule has 0 bridgehead atoms. The van der Waals surface area contributed by atoms with Crippen LogP contribution in [0, 0.1) is 55.4 Å². The Hall–Kier alpha value is -1.60. The molecule has 1 nitrogen and oxygen atoms in total. The summed E-state index contributed by atoms with van der Waals surface area (Å²) in [5.41, 5.74) is 12.1. The van der Waals surface area contributed by atoms with Crippen molar-refractivity contribution in [3.8, 4) is 0 Å². The summed E-state index contributed by atoms with van der Waals surface area (Å²) in [5.74, 6) is 0. The predicted molar refractivity (Wildman–Crippen MR) is 94.8 cm³/mol. The summed E-state index contributed by atoms with van der Waals surface area (Å²) in [5, 5.41) is 11.1. The van der Waals surface area contributed by atoms with Gasteiger partial charge in [-0.3, -0.25) is 0 Å². The van der Waals surface area contributed by atoms with Gasteiger partial charge in [0, 0.05) is 0 Å². The standard InChI is InChI=1S/C21H28O/c1-11-9-12(2)19(13(3)10-11)21(22)20-17(7)15(5)14(4)16(6)18(20)8/h9-10,21-22H,1-8H3/t21-/m0/s1. The highest BCUT2D eigenvalue weighted by atomic mass is 16.3. The highest BCUT2D eigenvalue weighted by molar-refractivity contribution is 5.54. The van der Waals surface area contributed by atoms with Gasteiger partial charge in [0.2, 0.25) is 0 Å². The fourth-order valence-electron chi connectivity index (χ4n) is 3.71. The zero-order valence-corrected chi connectivity index (χ0v) is 15.2. The van der Waals surface area contributed by atoms with Crippen molar-refractivity contribution < 1.29 is 5.11 Å². The minimum Gasteiger partial charge on any atom is -0.384 e. The first-order valence-corrected chi connectivity index (χ1v) is 7.99. The maximum absolute atomic E-state index is 11.1. The van der Waals surface area contributed by atoms with E-state index in [2.05, 4.69) is 67.5 Å². The van der Waals surface area contributed by atoms with E-state index in [1.165, 1.54) is 44.5 Å². The van der Waals surface area contributed by atoms with Crippen LogP contribution in [-0.2, 0) is 0 Å². The molecule has 0 saturated heterocycles. The topological polar surface area (TPSA) is 20.2 Å². The molecule has 0 unspecified atom stereocenters. The van der Waals surface area contributed by atoms with Crippen LogP contribution in [0.25, 0.3) is 0 Å². The Labute approximate surface area is 135 Å². The van der Waals surface area contributed by atoms with Crippen molar-refractivity contribution in [2.75, 3.05) is 0 Å². The lowest BCUT2D eigenvalue weighted by Gasteiger charge is -2.25. The van der Waals surface area contributed by atoms with Gasteiger partial charge in [-0.2, -0.15) is 0 Å². The number of hydrogen-bond acceptors (Lipinski definition) is 1. The molecule has 2 aromatic rings. The summed E-state index contributed by atoms with van der Waals surface area (Å²) in [6.45, 7) is 17.0. The van der Waals surface area contributed by atoms with Crippen LogP contribution in [-0.4, -0.2) is 5.11 Å². The summed E-state index contributed by atoms with van der Waals surface area (Å²) < 4.78 is 0. The second-order valence-corrected chi connectivity index (χ2v) is 6.75. The molecule has 0 aliphatic rings. The van der Waals surface area contributed by atoms with E-state index in [4.69, 9.17) is 0 Å². The minimum absolute atomic E-state index is 0.557. The molecule has 1 heteroatoms. The van der Waals surface area contributed by atoms with Crippen molar-refractivity contribution in [2.24, 2.45) is 0 Å². The van der Waals surface area contributed by atoms with Gasteiger partial charge in [0.15, 0.2) is 0 Å². The number of hydrogen-bond donors (Lipinski definition) is 1. The maximum atomic E-state index is 11.1. The van der Waals surface area contributed by atoms with Crippen LogP contribution in [0.3, 0.4) is 0 Å². The molecule has 22 heavy (non-hydrogen) atoms. The fraction of sp³-hybridized carbons (Fsp3) is 0.429. The Bertz CT molecular complexity index is 686. The van der Waals surface area contributed by atoms with Crippen LogP contribution in [0.5, 0.6) is 0 Å². The minimum atomic E-state index is -0.557. The first-order valence-electron chi connectivity index (χ1n) is 7.99. The molecular formula is C21H28O. The van der Waals surface area contributed by atoms with E-state index in [0.29, 0.717) is 0 Å². The highest BCUT2D eigenvalue weighted by Crippen LogP contribution is 2.36. The van der Waals surface area contributed by atoms with Gasteiger partial charge < -0.3 is 5.11 Å². The number of benzene rings is 2. The average molecular weight is 296 g/mol. The molecule has 0 aromatic heterocycles. The molecule has 0 spiro atoms. The van der Waals surface area contributed by atoms with Gasteiger partial charge >= 0.3 is 0 Å². The molecule has 0 amide bonds. The van der Waals surface area contributed by atoms with E-state index in [1.54, 1.807) is 0 Å². The fourth-order valence-corrected chi connectivity index (χ4v) is 3.71. The van der Waals surface area contributed by atoms with E-state index < -0.39 is 6.10 Å². The molecule has 0 saturated carbocycles. The van der Waals surface area contributed by atoms with Crippen LogP contribution in [0.15, 0.2) is 12.1 Å². The molecule has 1 N–H and O–H groups in total. The molecule has 0 fully saturated rings. The first kappa shape index (κ1) is 16.8. The second-order valence-electron chi connectivity index (χ2n) is 6.75. The van der Waals surface area contributed by atoms with Crippen LogP contribution in [0.2, 0.25) is 0 Å². The third-order valence-corrected chi connectivity index (χ3v) is 5.34. The Morgan fingerprint density at radius 2 is 0.955 bits per heavy atom. The number of aliphatic hydroxyl groups is 1. The second kappa shape index (κ2) is 5.89. The molecular weight excluding hydrogens is 268 g/mol. The normalized spacial score (nSPS) is 12.6. The SMILES string of the molecule is Cc1cc(C)c([C@H](O)c2c(C)c(C)c(C)c(C)c2C)c(C)c1. The molecule has 0 aliphatic carbocycles. The lowest BCUT2D eigenvalue weighted by Crippen LogP contribution is -2.11. The van der Waals surface area contributed by atoms with Gasteiger partial charge in [0.1, 0.15) is 6.10 Å². The Balaban J connectivity index is 2.73. The van der Waals surface area contributed by atoms with Crippen LogP contribution < -0.4 is 0 Å². The summed E-state index contributed by atoms with van der Waals surface area (Å²) >= 11 is 0. The van der Waals surface area contributed by atoms with Gasteiger partial charge in [0.05, 0.1) is 0 Å². The van der Waals surface area contributed by atoms with Gasteiger partial charge in [-0.1, -0.05) is 17.7 Å². The van der Waals surface area contributed by atoms with Gasteiger partial charge in [-0.05, 0) is 105 Å². The molecule has 0 heterocycles.